The fourth-order valence-corrected chi connectivity index (χ4v) is 3.86. The number of methoxy groups -OCH3 is 2. The highest BCUT2D eigenvalue weighted by Gasteiger charge is 2.19. The molecule has 148 valence electrons. The molecule has 1 N–H and O–H groups in total. The highest BCUT2D eigenvalue weighted by molar-refractivity contribution is 7.17. The van der Waals surface area contributed by atoms with E-state index in [1.165, 1.54) is 11.3 Å². The Kier molecular flexibility index (Phi) is 6.15. The maximum absolute atomic E-state index is 12.8. The topological polar surface area (TPSA) is 84.2 Å². The van der Waals surface area contributed by atoms with E-state index in [0.29, 0.717) is 27.6 Å². The number of nitriles is 1. The number of nitrogens with one attached hydrogen (secondary N) is 1. The maximum Gasteiger partial charge on any atom is 0.263 e. The van der Waals surface area contributed by atoms with Crippen LogP contribution in [0.5, 0.6) is 11.5 Å². The van der Waals surface area contributed by atoms with Crippen LogP contribution in [0, 0.1) is 18.3 Å². The van der Waals surface area contributed by atoms with E-state index in [1.54, 1.807) is 26.4 Å². The first-order chi connectivity index (χ1) is 14.0. The van der Waals surface area contributed by atoms with Gasteiger partial charge in [0.15, 0.2) is 11.5 Å². The Morgan fingerprint density at radius 2 is 1.83 bits per heavy atom. The fourth-order valence-electron chi connectivity index (χ4n) is 2.89. The minimum Gasteiger partial charge on any atom is -0.493 e. The number of amides is 1. The molecular weight excluding hydrogens is 386 g/mol. The van der Waals surface area contributed by atoms with Gasteiger partial charge in [-0.25, -0.2) is 4.98 Å². The van der Waals surface area contributed by atoms with Crippen molar-refractivity contribution in [1.29, 1.82) is 5.26 Å². The van der Waals surface area contributed by atoms with Gasteiger partial charge in [0.05, 0.1) is 37.6 Å². The molecule has 6 nitrogen and oxygen atoms in total. The van der Waals surface area contributed by atoms with Crippen molar-refractivity contribution < 1.29 is 14.3 Å². The molecule has 7 heteroatoms. The molecular formula is C22H21N3O3S. The van der Waals surface area contributed by atoms with E-state index >= 15 is 0 Å². The predicted octanol–water partition coefficient (Wildman–Crippen LogP) is 4.50. The number of thiazole rings is 1. The molecule has 0 spiro atoms. The first-order valence-electron chi connectivity index (χ1n) is 8.97. The highest BCUT2D eigenvalue weighted by atomic mass is 32.1. The summed E-state index contributed by atoms with van der Waals surface area (Å²) in [5.74, 6) is 1.07. The van der Waals surface area contributed by atoms with Crippen LogP contribution in [0.2, 0.25) is 0 Å². The van der Waals surface area contributed by atoms with E-state index in [9.17, 15) is 4.79 Å². The Morgan fingerprint density at radius 1 is 1.14 bits per heavy atom. The van der Waals surface area contributed by atoms with Gasteiger partial charge in [-0.05, 0) is 49.7 Å². The molecule has 0 radical (unpaired) electrons. The number of carbonyl (C=O) groups is 1. The average molecular weight is 407 g/mol. The summed E-state index contributed by atoms with van der Waals surface area (Å²) in [7, 11) is 3.17. The smallest absolute Gasteiger partial charge is 0.263 e. The molecule has 1 heterocycles. The van der Waals surface area contributed by atoms with Crippen molar-refractivity contribution in [2.24, 2.45) is 0 Å². The number of benzene rings is 2. The lowest BCUT2D eigenvalue weighted by Crippen LogP contribution is -2.26. The molecule has 1 atom stereocenters. The zero-order chi connectivity index (χ0) is 21.0. The second-order valence-electron chi connectivity index (χ2n) is 6.43. The summed E-state index contributed by atoms with van der Waals surface area (Å²) in [6.07, 6.45) is 0. The van der Waals surface area contributed by atoms with Crippen LogP contribution in [0.25, 0.3) is 10.6 Å². The molecule has 0 bridgehead atoms. The third kappa shape index (κ3) is 4.39. The van der Waals surface area contributed by atoms with E-state index in [4.69, 9.17) is 14.7 Å². The molecule has 0 saturated heterocycles. The average Bonchev–Trinajstić information content (AvgIpc) is 3.14. The normalized spacial score (nSPS) is 11.4. The van der Waals surface area contributed by atoms with Gasteiger partial charge < -0.3 is 14.8 Å². The van der Waals surface area contributed by atoms with Gasteiger partial charge in [-0.1, -0.05) is 12.1 Å². The van der Waals surface area contributed by atoms with Crippen molar-refractivity contribution in [2.45, 2.75) is 19.9 Å². The first-order valence-corrected chi connectivity index (χ1v) is 9.79. The van der Waals surface area contributed by atoms with Crippen molar-refractivity contribution >= 4 is 17.2 Å². The van der Waals surface area contributed by atoms with Gasteiger partial charge in [0.2, 0.25) is 0 Å². The lowest BCUT2D eigenvalue weighted by Gasteiger charge is -2.13. The van der Waals surface area contributed by atoms with E-state index in [-0.39, 0.29) is 11.9 Å². The Balaban J connectivity index is 1.80. The maximum atomic E-state index is 12.8. The van der Waals surface area contributed by atoms with Gasteiger partial charge in [0, 0.05) is 5.56 Å². The van der Waals surface area contributed by atoms with Crippen LogP contribution < -0.4 is 14.8 Å². The summed E-state index contributed by atoms with van der Waals surface area (Å²) in [5.41, 5.74) is 3.05. The summed E-state index contributed by atoms with van der Waals surface area (Å²) in [6, 6.07) is 14.6. The predicted molar refractivity (Wildman–Crippen MR) is 112 cm³/mol. The number of aryl methyl sites for hydroxylation is 1. The zero-order valence-electron chi connectivity index (χ0n) is 16.6. The summed E-state index contributed by atoms with van der Waals surface area (Å²) in [6.45, 7) is 3.73. The van der Waals surface area contributed by atoms with E-state index in [0.717, 1.165) is 16.1 Å². The number of ether oxygens (including phenoxy) is 2. The Labute approximate surface area is 173 Å². The SMILES string of the molecule is COc1ccc(-c2nc(C)c(C(=O)NC(C)c3ccc(C#N)cc3)s2)cc1OC. The number of hydrogen-bond donors (Lipinski definition) is 1. The minimum atomic E-state index is -0.193. The number of aromatic nitrogens is 1. The molecule has 1 aromatic heterocycles. The Bertz CT molecular complexity index is 1070. The quantitative estimate of drug-likeness (QED) is 0.650. The van der Waals surface area contributed by atoms with Crippen LogP contribution >= 0.6 is 11.3 Å². The van der Waals surface area contributed by atoms with Crippen molar-refractivity contribution in [3.8, 4) is 28.1 Å². The second kappa shape index (κ2) is 8.76. The third-order valence-corrected chi connectivity index (χ3v) is 5.73. The number of carbonyl (C=O) groups excluding carboxylic acids is 1. The van der Waals surface area contributed by atoms with Crippen LogP contribution in [-0.2, 0) is 0 Å². The largest absolute Gasteiger partial charge is 0.493 e. The molecule has 0 fully saturated rings. The molecule has 2 aromatic carbocycles. The van der Waals surface area contributed by atoms with Crippen LogP contribution in [0.1, 0.15) is 39.5 Å². The lowest BCUT2D eigenvalue weighted by molar-refractivity contribution is 0.0943. The van der Waals surface area contributed by atoms with Crippen LogP contribution in [0.15, 0.2) is 42.5 Å². The summed E-state index contributed by atoms with van der Waals surface area (Å²) < 4.78 is 10.6. The highest BCUT2D eigenvalue weighted by Crippen LogP contribution is 2.35. The number of hydrogen-bond acceptors (Lipinski definition) is 6. The number of rotatable bonds is 6. The molecule has 3 rings (SSSR count). The lowest BCUT2D eigenvalue weighted by atomic mass is 10.1. The molecule has 0 saturated carbocycles. The van der Waals surface area contributed by atoms with Crippen molar-refractivity contribution in [3.05, 3.63) is 64.2 Å². The van der Waals surface area contributed by atoms with Crippen LogP contribution in [0.3, 0.4) is 0 Å². The summed E-state index contributed by atoms with van der Waals surface area (Å²) >= 11 is 1.33. The molecule has 29 heavy (non-hydrogen) atoms. The monoisotopic (exact) mass is 407 g/mol. The Morgan fingerprint density at radius 3 is 2.45 bits per heavy atom. The van der Waals surface area contributed by atoms with E-state index in [1.807, 2.05) is 44.2 Å². The van der Waals surface area contributed by atoms with Gasteiger partial charge in [0.1, 0.15) is 9.88 Å². The standard InChI is InChI=1S/C22H21N3O3S/c1-13(16-7-5-15(12-23)6-8-16)24-21(26)20-14(2)25-22(29-20)17-9-10-18(27-3)19(11-17)28-4/h5-11,13H,1-4H3,(H,24,26). The first kappa shape index (κ1) is 20.4. The van der Waals surface area contributed by atoms with Crippen molar-refractivity contribution in [1.82, 2.24) is 10.3 Å². The van der Waals surface area contributed by atoms with Gasteiger partial charge >= 0.3 is 0 Å². The van der Waals surface area contributed by atoms with Gasteiger partial charge in [-0.2, -0.15) is 5.26 Å². The molecule has 3 aromatic rings. The van der Waals surface area contributed by atoms with Crippen molar-refractivity contribution in [2.75, 3.05) is 14.2 Å². The Hall–Kier alpha value is -3.37. The molecule has 0 aliphatic heterocycles. The molecule has 0 aliphatic carbocycles. The van der Waals surface area contributed by atoms with Gasteiger partial charge in [-0.15, -0.1) is 11.3 Å². The van der Waals surface area contributed by atoms with Crippen LogP contribution in [-0.4, -0.2) is 25.1 Å². The van der Waals surface area contributed by atoms with Gasteiger partial charge in [0.25, 0.3) is 5.91 Å². The molecule has 1 amide bonds. The summed E-state index contributed by atoms with van der Waals surface area (Å²) in [5, 5.41) is 12.6. The van der Waals surface area contributed by atoms with Crippen molar-refractivity contribution in [3.63, 3.8) is 0 Å². The molecule has 0 aliphatic rings. The van der Waals surface area contributed by atoms with E-state index in [2.05, 4.69) is 16.4 Å². The summed E-state index contributed by atoms with van der Waals surface area (Å²) in [4.78, 5) is 17.9. The number of nitrogens with zero attached hydrogens (tertiary/aromatic N) is 2. The minimum absolute atomic E-state index is 0.177. The van der Waals surface area contributed by atoms with Gasteiger partial charge in [-0.3, -0.25) is 4.79 Å². The third-order valence-electron chi connectivity index (χ3n) is 4.52. The second-order valence-corrected chi connectivity index (χ2v) is 7.43. The fraction of sp³-hybridized carbons (Fsp3) is 0.227. The zero-order valence-corrected chi connectivity index (χ0v) is 17.5. The molecule has 1 unspecified atom stereocenters. The van der Waals surface area contributed by atoms with E-state index < -0.39 is 0 Å². The van der Waals surface area contributed by atoms with Crippen LogP contribution in [0.4, 0.5) is 0 Å².